The summed E-state index contributed by atoms with van der Waals surface area (Å²) in [6.07, 6.45) is 0. The smallest absolute Gasteiger partial charge is 0.264 e. The van der Waals surface area contributed by atoms with E-state index in [-0.39, 0.29) is 29.3 Å². The molecule has 0 heterocycles. The third kappa shape index (κ3) is 6.34. The van der Waals surface area contributed by atoms with E-state index in [0.717, 1.165) is 39.1 Å². The molecule has 3 aromatic rings. The van der Waals surface area contributed by atoms with E-state index in [0.29, 0.717) is 5.69 Å². The van der Waals surface area contributed by atoms with Crippen molar-refractivity contribution < 1.29 is 17.9 Å². The molecule has 0 aromatic heterocycles. The number of hydrogen-bond acceptors (Lipinski definition) is 4. The molecule has 0 saturated carbocycles. The Labute approximate surface area is 221 Å². The number of benzene rings is 3. The number of nitrogens with one attached hydrogen (secondary N) is 1. The molecule has 0 aliphatic heterocycles. The zero-order valence-electron chi connectivity index (χ0n) is 23.0. The van der Waals surface area contributed by atoms with E-state index in [9.17, 15) is 13.2 Å². The van der Waals surface area contributed by atoms with Crippen molar-refractivity contribution in [3.63, 3.8) is 0 Å². The number of carbonyl (C=O) groups excluding carboxylic acids is 1. The number of carbonyl (C=O) groups is 1. The molecular formula is C30H38N2O4S. The summed E-state index contributed by atoms with van der Waals surface area (Å²) >= 11 is 0. The molecule has 0 radical (unpaired) electrons. The first-order chi connectivity index (χ1) is 17.3. The van der Waals surface area contributed by atoms with Crippen LogP contribution in [-0.4, -0.2) is 28.0 Å². The second-order valence-electron chi connectivity index (χ2n) is 10.0. The summed E-state index contributed by atoms with van der Waals surface area (Å²) in [6, 6.07) is 15.9. The lowest BCUT2D eigenvalue weighted by Gasteiger charge is -2.27. The van der Waals surface area contributed by atoms with Gasteiger partial charge >= 0.3 is 0 Å². The number of methoxy groups -OCH3 is 1. The molecule has 0 aliphatic carbocycles. The lowest BCUT2D eigenvalue weighted by molar-refractivity contribution is -0.120. The normalized spacial score (nSPS) is 12.4. The highest BCUT2D eigenvalue weighted by Gasteiger charge is 2.29. The third-order valence-corrected chi connectivity index (χ3v) is 8.38. The fourth-order valence-electron chi connectivity index (χ4n) is 4.53. The maximum Gasteiger partial charge on any atom is 0.264 e. The summed E-state index contributed by atoms with van der Waals surface area (Å²) in [5, 5.41) is 3.02. The predicted octanol–water partition coefficient (Wildman–Crippen LogP) is 6.12. The second-order valence-corrected chi connectivity index (χ2v) is 11.9. The Morgan fingerprint density at radius 1 is 0.865 bits per heavy atom. The number of sulfonamides is 1. The summed E-state index contributed by atoms with van der Waals surface area (Å²) in [6.45, 7) is 13.5. The molecule has 1 amide bonds. The average molecular weight is 523 g/mol. The van der Waals surface area contributed by atoms with E-state index < -0.39 is 10.0 Å². The summed E-state index contributed by atoms with van der Waals surface area (Å²) in [5.74, 6) is 0.682. The van der Waals surface area contributed by atoms with Crippen LogP contribution < -0.4 is 14.4 Å². The minimum atomic E-state index is -3.98. The molecule has 7 heteroatoms. The zero-order valence-corrected chi connectivity index (χ0v) is 23.9. The Balaban J connectivity index is 1.95. The number of nitrogens with zero attached hydrogens (tertiary/aromatic N) is 1. The van der Waals surface area contributed by atoms with Gasteiger partial charge in [-0.3, -0.25) is 9.10 Å². The molecule has 0 spiro atoms. The summed E-state index contributed by atoms with van der Waals surface area (Å²) in [7, 11) is -2.33. The predicted molar refractivity (Wildman–Crippen MR) is 150 cm³/mol. The van der Waals surface area contributed by atoms with Crippen molar-refractivity contribution >= 4 is 21.6 Å². The van der Waals surface area contributed by atoms with Crippen LogP contribution in [0, 0.1) is 27.7 Å². The fourth-order valence-corrected chi connectivity index (χ4v) is 6.01. The highest BCUT2D eigenvalue weighted by atomic mass is 32.2. The largest absolute Gasteiger partial charge is 0.496 e. The SMILES string of the molecule is COc1cc(C)c(C(C)NC(=O)CN(c2ccc(C)cc2C)S(=O)(=O)c2ccc(C)cc2)cc1C(C)C. The number of anilines is 1. The van der Waals surface area contributed by atoms with Gasteiger partial charge in [0, 0.05) is 0 Å². The van der Waals surface area contributed by atoms with Crippen LogP contribution in [0.1, 0.15) is 66.1 Å². The van der Waals surface area contributed by atoms with Gasteiger partial charge in [-0.15, -0.1) is 0 Å². The fraction of sp³-hybridized carbons (Fsp3) is 0.367. The molecule has 1 N–H and O–H groups in total. The van der Waals surface area contributed by atoms with Gasteiger partial charge in [0.1, 0.15) is 12.3 Å². The highest BCUT2D eigenvalue weighted by Crippen LogP contribution is 2.32. The van der Waals surface area contributed by atoms with Gasteiger partial charge in [-0.05, 0) is 93.1 Å². The molecule has 6 nitrogen and oxygen atoms in total. The van der Waals surface area contributed by atoms with Crippen LogP contribution in [0.25, 0.3) is 0 Å². The number of ether oxygens (including phenoxy) is 1. The summed E-state index contributed by atoms with van der Waals surface area (Å²) in [5.41, 5.74) is 6.26. The monoisotopic (exact) mass is 522 g/mol. The second kappa shape index (κ2) is 11.4. The molecule has 198 valence electrons. The zero-order chi connectivity index (χ0) is 27.5. The van der Waals surface area contributed by atoms with Crippen LogP contribution >= 0.6 is 0 Å². The standard InChI is InChI=1S/C30H38N2O4S/c1-19(2)26-17-27(22(5)16-29(26)36-8)24(7)31-30(33)18-32(28-14-11-21(4)15-23(28)6)37(34,35)25-12-9-20(3)10-13-25/h9-17,19,24H,18H2,1-8H3,(H,31,33). The molecule has 1 unspecified atom stereocenters. The molecule has 0 saturated heterocycles. The number of amides is 1. The molecule has 0 fully saturated rings. The van der Waals surface area contributed by atoms with Crippen molar-refractivity contribution in [3.8, 4) is 5.75 Å². The molecule has 3 rings (SSSR count). The van der Waals surface area contributed by atoms with E-state index >= 15 is 0 Å². The number of hydrogen-bond donors (Lipinski definition) is 1. The first-order valence-corrected chi connectivity index (χ1v) is 13.9. The number of aryl methyl sites for hydroxylation is 4. The van der Waals surface area contributed by atoms with E-state index in [1.807, 2.05) is 52.8 Å². The Bertz CT molecular complexity index is 1380. The first-order valence-electron chi connectivity index (χ1n) is 12.5. The summed E-state index contributed by atoms with van der Waals surface area (Å²) in [4.78, 5) is 13.5. The van der Waals surface area contributed by atoms with Crippen LogP contribution in [0.2, 0.25) is 0 Å². The number of rotatable bonds is 9. The topological polar surface area (TPSA) is 75.7 Å². The van der Waals surface area contributed by atoms with Crippen molar-refractivity contribution in [1.82, 2.24) is 5.32 Å². The van der Waals surface area contributed by atoms with E-state index in [4.69, 9.17) is 4.74 Å². The maximum atomic E-state index is 13.7. The third-order valence-electron chi connectivity index (χ3n) is 6.60. The molecule has 3 aromatic carbocycles. The lowest BCUT2D eigenvalue weighted by Crippen LogP contribution is -2.42. The van der Waals surface area contributed by atoms with Crippen molar-refractivity contribution in [2.75, 3.05) is 18.0 Å². The Morgan fingerprint density at radius 3 is 2.05 bits per heavy atom. The minimum absolute atomic E-state index is 0.145. The van der Waals surface area contributed by atoms with Crippen molar-refractivity contribution in [1.29, 1.82) is 0 Å². The Hall–Kier alpha value is -3.32. The lowest BCUT2D eigenvalue weighted by atomic mass is 9.93. The minimum Gasteiger partial charge on any atom is -0.496 e. The summed E-state index contributed by atoms with van der Waals surface area (Å²) < 4.78 is 34.3. The molecule has 0 aliphatic rings. The van der Waals surface area contributed by atoms with Crippen LogP contribution in [0.15, 0.2) is 59.5 Å². The van der Waals surface area contributed by atoms with Crippen LogP contribution in [0.3, 0.4) is 0 Å². The molecule has 0 bridgehead atoms. The van der Waals surface area contributed by atoms with E-state index in [1.165, 1.54) is 4.31 Å². The van der Waals surface area contributed by atoms with Gasteiger partial charge in [0.25, 0.3) is 10.0 Å². The van der Waals surface area contributed by atoms with E-state index in [2.05, 4.69) is 25.2 Å². The maximum absolute atomic E-state index is 13.7. The Kier molecular flexibility index (Phi) is 8.69. The molecule has 1 atom stereocenters. The average Bonchev–Trinajstić information content (AvgIpc) is 2.82. The quantitative estimate of drug-likeness (QED) is 0.367. The van der Waals surface area contributed by atoms with Gasteiger partial charge in [-0.1, -0.05) is 49.2 Å². The van der Waals surface area contributed by atoms with Crippen LogP contribution in [0.5, 0.6) is 5.75 Å². The van der Waals surface area contributed by atoms with E-state index in [1.54, 1.807) is 37.4 Å². The van der Waals surface area contributed by atoms with Gasteiger partial charge in [-0.2, -0.15) is 0 Å². The van der Waals surface area contributed by atoms with Crippen molar-refractivity contribution in [3.05, 3.63) is 88.0 Å². The Morgan fingerprint density at radius 2 is 1.49 bits per heavy atom. The van der Waals surface area contributed by atoms with Gasteiger partial charge in [0.2, 0.25) is 5.91 Å². The molecule has 37 heavy (non-hydrogen) atoms. The molecular weight excluding hydrogens is 484 g/mol. The van der Waals surface area contributed by atoms with Gasteiger partial charge in [-0.25, -0.2) is 8.42 Å². The van der Waals surface area contributed by atoms with Gasteiger partial charge in [0.15, 0.2) is 0 Å². The van der Waals surface area contributed by atoms with Crippen LogP contribution in [0.4, 0.5) is 5.69 Å². The van der Waals surface area contributed by atoms with Gasteiger partial charge in [0.05, 0.1) is 23.7 Å². The van der Waals surface area contributed by atoms with Crippen LogP contribution in [-0.2, 0) is 14.8 Å². The van der Waals surface area contributed by atoms with Gasteiger partial charge < -0.3 is 10.1 Å². The first kappa shape index (κ1) is 28.3. The van der Waals surface area contributed by atoms with Crippen molar-refractivity contribution in [2.24, 2.45) is 0 Å². The highest BCUT2D eigenvalue weighted by molar-refractivity contribution is 7.92. The van der Waals surface area contributed by atoms with Crippen molar-refractivity contribution in [2.45, 2.75) is 65.3 Å².